The van der Waals surface area contributed by atoms with E-state index in [1.54, 1.807) is 4.90 Å². The summed E-state index contributed by atoms with van der Waals surface area (Å²) in [5, 5.41) is 3.40. The topological polar surface area (TPSA) is 37.3 Å². The van der Waals surface area contributed by atoms with E-state index >= 15 is 0 Å². The van der Waals surface area contributed by atoms with Gasteiger partial charge >= 0.3 is 12.2 Å². The molecule has 0 spiro atoms. The number of halogens is 4. The Labute approximate surface area is 183 Å². The molecule has 1 aliphatic carbocycles. The smallest absolute Gasteiger partial charge is 0.345 e. The molecule has 8 heteroatoms. The minimum atomic E-state index is -4.41. The number of hydrogen-bond donors (Lipinski definition) is 1. The van der Waals surface area contributed by atoms with Crippen LogP contribution in [0, 0.1) is 0 Å². The second-order valence-electron chi connectivity index (χ2n) is 7.58. The van der Waals surface area contributed by atoms with Gasteiger partial charge in [-0.05, 0) is 60.9 Å². The van der Waals surface area contributed by atoms with Gasteiger partial charge in [0.25, 0.3) is 0 Å². The fourth-order valence-electron chi connectivity index (χ4n) is 3.42. The van der Waals surface area contributed by atoms with E-state index in [2.05, 4.69) is 5.32 Å². The van der Waals surface area contributed by atoms with Crippen LogP contribution in [0.25, 0.3) is 0 Å². The quantitative estimate of drug-likeness (QED) is 0.466. The number of aromatic nitrogens is 1. The summed E-state index contributed by atoms with van der Waals surface area (Å²) in [6.45, 7) is 0.982. The van der Waals surface area contributed by atoms with Crippen molar-refractivity contribution in [1.29, 1.82) is 0 Å². The average molecular weight is 448 g/mol. The molecule has 0 unspecified atom stereocenters. The number of rotatable bonds is 6. The maximum Gasteiger partial charge on any atom is 0.416 e. The molecule has 0 aliphatic heterocycles. The molecule has 0 atom stereocenters. The zero-order valence-electron chi connectivity index (χ0n) is 16.6. The first kappa shape index (κ1) is 21.3. The third-order valence-electron chi connectivity index (χ3n) is 5.27. The largest absolute Gasteiger partial charge is 0.416 e. The highest BCUT2D eigenvalue weighted by Gasteiger charge is 2.33. The highest BCUT2D eigenvalue weighted by Crippen LogP contribution is 2.31. The Hall–Kier alpha value is -2.93. The Balaban J connectivity index is 1.46. The van der Waals surface area contributed by atoms with Crippen LogP contribution in [0.3, 0.4) is 0 Å². The molecule has 3 aromatic rings. The number of anilines is 1. The van der Waals surface area contributed by atoms with Crippen molar-refractivity contribution in [3.8, 4) is 0 Å². The molecule has 1 heterocycles. The van der Waals surface area contributed by atoms with E-state index in [-0.39, 0.29) is 12.1 Å². The third-order valence-corrected chi connectivity index (χ3v) is 5.64. The number of carbonyl (C=O) groups is 1. The van der Waals surface area contributed by atoms with Crippen molar-refractivity contribution in [2.45, 2.75) is 38.1 Å². The first-order valence-corrected chi connectivity index (χ1v) is 10.3. The fourth-order valence-corrected chi connectivity index (χ4v) is 3.62. The molecule has 1 aromatic heterocycles. The molecule has 2 amide bonds. The Morgan fingerprint density at radius 3 is 2.42 bits per heavy atom. The minimum Gasteiger partial charge on any atom is -0.345 e. The number of carbonyl (C=O) groups excluding carboxylic acids is 1. The number of amides is 2. The van der Waals surface area contributed by atoms with Crippen molar-refractivity contribution in [2.24, 2.45) is 0 Å². The zero-order chi connectivity index (χ0) is 22.0. The number of nitrogens with zero attached hydrogens (tertiary/aromatic N) is 2. The first-order valence-electron chi connectivity index (χ1n) is 9.93. The van der Waals surface area contributed by atoms with E-state index in [4.69, 9.17) is 11.6 Å². The SMILES string of the molecule is O=C(Nc1ccc(C(F)(F)F)cc1)N(Cc1cccn1Cc1ccccc1Cl)C1CC1. The summed E-state index contributed by atoms with van der Waals surface area (Å²) in [4.78, 5) is 14.6. The monoisotopic (exact) mass is 447 g/mol. The molecule has 1 saturated carbocycles. The van der Waals surface area contributed by atoms with Crippen LogP contribution in [-0.2, 0) is 19.3 Å². The molecular weight excluding hydrogens is 427 g/mol. The predicted octanol–water partition coefficient (Wildman–Crippen LogP) is 6.41. The Morgan fingerprint density at radius 1 is 1.06 bits per heavy atom. The van der Waals surface area contributed by atoms with Gasteiger partial charge in [-0.1, -0.05) is 29.8 Å². The first-order chi connectivity index (χ1) is 14.8. The highest BCUT2D eigenvalue weighted by molar-refractivity contribution is 6.31. The minimum absolute atomic E-state index is 0.123. The number of alkyl halides is 3. The molecular formula is C23H21ClF3N3O. The van der Waals surface area contributed by atoms with Crippen LogP contribution in [-0.4, -0.2) is 21.5 Å². The van der Waals surface area contributed by atoms with Gasteiger partial charge in [0.2, 0.25) is 0 Å². The van der Waals surface area contributed by atoms with E-state index in [1.165, 1.54) is 12.1 Å². The van der Waals surface area contributed by atoms with Crippen LogP contribution >= 0.6 is 11.6 Å². The lowest BCUT2D eigenvalue weighted by Gasteiger charge is -2.24. The second kappa shape index (κ2) is 8.67. The fraction of sp³-hybridized carbons (Fsp3) is 0.261. The molecule has 162 valence electrons. The van der Waals surface area contributed by atoms with E-state index < -0.39 is 11.7 Å². The van der Waals surface area contributed by atoms with Gasteiger partial charge < -0.3 is 14.8 Å². The molecule has 4 nitrogen and oxygen atoms in total. The van der Waals surface area contributed by atoms with Gasteiger partial charge in [0.05, 0.1) is 12.1 Å². The summed E-state index contributed by atoms with van der Waals surface area (Å²) >= 11 is 6.28. The molecule has 1 fully saturated rings. The van der Waals surface area contributed by atoms with Crippen molar-refractivity contribution in [3.63, 3.8) is 0 Å². The van der Waals surface area contributed by atoms with Gasteiger partial charge in [0.15, 0.2) is 0 Å². The number of benzene rings is 2. The highest BCUT2D eigenvalue weighted by atomic mass is 35.5. The van der Waals surface area contributed by atoms with Crippen molar-refractivity contribution in [1.82, 2.24) is 9.47 Å². The summed E-state index contributed by atoms with van der Waals surface area (Å²) in [6, 6.07) is 15.8. The molecule has 0 saturated heterocycles. The van der Waals surface area contributed by atoms with E-state index in [9.17, 15) is 18.0 Å². The summed E-state index contributed by atoms with van der Waals surface area (Å²) < 4.78 is 40.3. The predicted molar refractivity (Wildman–Crippen MR) is 114 cm³/mol. The summed E-state index contributed by atoms with van der Waals surface area (Å²) in [5.74, 6) is 0. The van der Waals surface area contributed by atoms with Gasteiger partial charge in [0.1, 0.15) is 0 Å². The van der Waals surface area contributed by atoms with Gasteiger partial charge in [-0.25, -0.2) is 4.79 Å². The normalized spacial score (nSPS) is 13.8. The van der Waals surface area contributed by atoms with Crippen LogP contribution in [0.15, 0.2) is 66.9 Å². The number of urea groups is 1. The zero-order valence-corrected chi connectivity index (χ0v) is 17.3. The lowest BCUT2D eigenvalue weighted by molar-refractivity contribution is -0.137. The summed E-state index contributed by atoms with van der Waals surface area (Å²) in [5.41, 5.74) is 1.51. The van der Waals surface area contributed by atoms with Crippen molar-refractivity contribution in [3.05, 3.63) is 88.7 Å². The second-order valence-corrected chi connectivity index (χ2v) is 7.99. The molecule has 0 bridgehead atoms. The van der Waals surface area contributed by atoms with Crippen LogP contribution < -0.4 is 5.32 Å². The third kappa shape index (κ3) is 5.22. The Bertz CT molecular complexity index is 1060. The van der Waals surface area contributed by atoms with Gasteiger partial charge in [-0.15, -0.1) is 0 Å². The Kier molecular flexibility index (Phi) is 5.96. The van der Waals surface area contributed by atoms with Gasteiger partial charge in [-0.2, -0.15) is 13.2 Å². The average Bonchev–Trinajstić information content (AvgIpc) is 3.47. The lowest BCUT2D eigenvalue weighted by atomic mass is 10.2. The van der Waals surface area contributed by atoms with E-state index in [1.807, 2.05) is 47.2 Å². The van der Waals surface area contributed by atoms with Crippen molar-refractivity contribution >= 4 is 23.3 Å². The number of hydrogen-bond acceptors (Lipinski definition) is 1. The maximum atomic E-state index is 12.9. The molecule has 0 radical (unpaired) electrons. The van der Waals surface area contributed by atoms with Gasteiger partial charge in [-0.3, -0.25) is 0 Å². The molecule has 4 rings (SSSR count). The lowest BCUT2D eigenvalue weighted by Crippen LogP contribution is -2.36. The standard InChI is InChI=1S/C23H21ClF3N3O/c24-21-6-2-1-4-16(21)14-29-13-3-5-20(29)15-30(19-11-12-19)22(31)28-18-9-7-17(8-10-18)23(25,26)27/h1-10,13,19H,11-12,14-15H2,(H,28,31). The van der Waals surface area contributed by atoms with Crippen molar-refractivity contribution < 1.29 is 18.0 Å². The summed E-state index contributed by atoms with van der Waals surface area (Å²) in [6.07, 6.45) is -0.648. The maximum absolute atomic E-state index is 12.9. The molecule has 1 N–H and O–H groups in total. The van der Waals surface area contributed by atoms with Crippen LogP contribution in [0.1, 0.15) is 29.7 Å². The van der Waals surface area contributed by atoms with Crippen molar-refractivity contribution in [2.75, 3.05) is 5.32 Å². The molecule has 1 aliphatic rings. The molecule has 31 heavy (non-hydrogen) atoms. The van der Waals surface area contributed by atoms with Gasteiger partial charge in [0, 0.05) is 35.2 Å². The van der Waals surface area contributed by atoms with Crippen LogP contribution in [0.5, 0.6) is 0 Å². The molecule has 2 aromatic carbocycles. The van der Waals surface area contributed by atoms with E-state index in [0.717, 1.165) is 36.2 Å². The van der Waals surface area contributed by atoms with Crippen LogP contribution in [0.2, 0.25) is 5.02 Å². The Morgan fingerprint density at radius 2 is 1.77 bits per heavy atom. The van der Waals surface area contributed by atoms with E-state index in [0.29, 0.717) is 23.8 Å². The summed E-state index contributed by atoms with van der Waals surface area (Å²) in [7, 11) is 0. The number of nitrogens with one attached hydrogen (secondary N) is 1. The van der Waals surface area contributed by atoms with Crippen LogP contribution in [0.4, 0.5) is 23.7 Å².